The fraction of sp³-hybridized carbons (Fsp3) is 0.467. The number of aryl methyl sites for hydroxylation is 1. The Morgan fingerprint density at radius 1 is 1.25 bits per heavy atom. The molecule has 5 nitrogen and oxygen atoms in total. The summed E-state index contributed by atoms with van der Waals surface area (Å²) in [6, 6.07) is 8.66. The Balaban J connectivity index is 2.44. The van der Waals surface area contributed by atoms with Gasteiger partial charge in [0.25, 0.3) is 0 Å². The van der Waals surface area contributed by atoms with Crippen LogP contribution in [0.2, 0.25) is 0 Å². The summed E-state index contributed by atoms with van der Waals surface area (Å²) in [6.45, 7) is 5.26. The zero-order chi connectivity index (χ0) is 15.2. The van der Waals surface area contributed by atoms with Crippen LogP contribution in [0.25, 0.3) is 0 Å². The average Bonchev–Trinajstić information content (AvgIpc) is 2.37. The minimum atomic E-state index is -1.05. The molecule has 1 aromatic rings. The maximum atomic E-state index is 11.7. The fourth-order valence-corrected chi connectivity index (χ4v) is 1.77. The Kier molecular flexibility index (Phi) is 5.55. The summed E-state index contributed by atoms with van der Waals surface area (Å²) in [5.74, 6) is -1.05. The lowest BCUT2D eigenvalue weighted by molar-refractivity contribution is -0.138. The number of benzene rings is 1. The summed E-state index contributed by atoms with van der Waals surface area (Å²) in [7, 11) is 0. The minimum absolute atomic E-state index is 0.405. The van der Waals surface area contributed by atoms with E-state index in [9.17, 15) is 9.59 Å². The van der Waals surface area contributed by atoms with Crippen molar-refractivity contribution in [2.24, 2.45) is 0 Å². The maximum absolute atomic E-state index is 11.7. The number of hydrogen-bond donors (Lipinski definition) is 3. The Morgan fingerprint density at radius 2 is 1.85 bits per heavy atom. The highest BCUT2D eigenvalue weighted by Crippen LogP contribution is 2.13. The van der Waals surface area contributed by atoms with Gasteiger partial charge in [-0.25, -0.2) is 4.79 Å². The first kappa shape index (κ1) is 16.0. The maximum Gasteiger partial charge on any atom is 0.325 e. The molecule has 0 saturated carbocycles. The van der Waals surface area contributed by atoms with Crippen LogP contribution >= 0.6 is 0 Å². The molecular formula is C15H22N2O3. The van der Waals surface area contributed by atoms with Crippen LogP contribution in [0.4, 0.5) is 4.79 Å². The summed E-state index contributed by atoms with van der Waals surface area (Å²) < 4.78 is 0. The molecule has 0 heterocycles. The monoisotopic (exact) mass is 278 g/mol. The van der Waals surface area contributed by atoms with Gasteiger partial charge in [0.05, 0.1) is 0 Å². The minimum Gasteiger partial charge on any atom is -0.480 e. The number of carbonyl (C=O) groups excluding carboxylic acids is 1. The van der Waals surface area contributed by atoms with Gasteiger partial charge < -0.3 is 15.7 Å². The third-order valence-electron chi connectivity index (χ3n) is 3.05. The molecule has 20 heavy (non-hydrogen) atoms. The van der Waals surface area contributed by atoms with Crippen molar-refractivity contribution in [3.8, 4) is 0 Å². The van der Waals surface area contributed by atoms with Crippen molar-refractivity contribution in [1.29, 1.82) is 0 Å². The van der Waals surface area contributed by atoms with E-state index in [-0.39, 0.29) is 0 Å². The van der Waals surface area contributed by atoms with E-state index in [0.717, 1.165) is 12.8 Å². The van der Waals surface area contributed by atoms with E-state index in [1.54, 1.807) is 0 Å². The van der Waals surface area contributed by atoms with Gasteiger partial charge in [-0.05, 0) is 39.2 Å². The SMILES string of the molecule is CC(NC(=O)NC(C)(C)CCc1ccccc1)C(=O)O. The first-order valence-corrected chi connectivity index (χ1v) is 6.65. The van der Waals surface area contributed by atoms with E-state index in [1.807, 2.05) is 44.2 Å². The number of aliphatic carboxylic acids is 1. The summed E-state index contributed by atoms with van der Waals surface area (Å²) in [4.78, 5) is 22.4. The lowest BCUT2D eigenvalue weighted by Crippen LogP contribution is -2.52. The molecule has 2 amide bonds. The number of carboxylic acids is 1. The summed E-state index contributed by atoms with van der Waals surface area (Å²) >= 11 is 0. The van der Waals surface area contributed by atoms with Crippen LogP contribution in [-0.2, 0) is 11.2 Å². The van der Waals surface area contributed by atoms with Gasteiger partial charge in [-0.15, -0.1) is 0 Å². The topological polar surface area (TPSA) is 78.4 Å². The Labute approximate surface area is 119 Å². The molecule has 0 bridgehead atoms. The van der Waals surface area contributed by atoms with Gasteiger partial charge in [0, 0.05) is 5.54 Å². The van der Waals surface area contributed by atoms with Gasteiger partial charge in [-0.2, -0.15) is 0 Å². The molecule has 0 aliphatic carbocycles. The molecule has 0 aliphatic heterocycles. The van der Waals surface area contributed by atoms with Crippen molar-refractivity contribution in [3.05, 3.63) is 35.9 Å². The van der Waals surface area contributed by atoms with Gasteiger partial charge >= 0.3 is 12.0 Å². The third-order valence-corrected chi connectivity index (χ3v) is 3.05. The normalized spacial score (nSPS) is 12.6. The molecule has 1 aromatic carbocycles. The van der Waals surface area contributed by atoms with Crippen molar-refractivity contribution in [1.82, 2.24) is 10.6 Å². The van der Waals surface area contributed by atoms with Gasteiger partial charge in [0.2, 0.25) is 0 Å². The first-order chi connectivity index (χ1) is 9.30. The van der Waals surface area contributed by atoms with Gasteiger partial charge in [-0.1, -0.05) is 30.3 Å². The fourth-order valence-electron chi connectivity index (χ4n) is 1.77. The number of rotatable bonds is 6. The van der Waals surface area contributed by atoms with Crippen LogP contribution in [0.3, 0.4) is 0 Å². The Hall–Kier alpha value is -2.04. The lowest BCUT2D eigenvalue weighted by Gasteiger charge is -2.27. The molecule has 1 unspecified atom stereocenters. The van der Waals surface area contributed by atoms with Crippen LogP contribution in [0, 0.1) is 0 Å². The smallest absolute Gasteiger partial charge is 0.325 e. The van der Waals surface area contributed by atoms with Crippen LogP contribution in [0.15, 0.2) is 30.3 Å². The number of urea groups is 1. The van der Waals surface area contributed by atoms with E-state index in [0.29, 0.717) is 0 Å². The van der Waals surface area contributed by atoms with Crippen LogP contribution < -0.4 is 10.6 Å². The molecule has 0 saturated heterocycles. The second kappa shape index (κ2) is 6.93. The van der Waals surface area contributed by atoms with Crippen molar-refractivity contribution in [2.75, 3.05) is 0 Å². The van der Waals surface area contributed by atoms with Gasteiger partial charge in [0.1, 0.15) is 6.04 Å². The van der Waals surface area contributed by atoms with E-state index >= 15 is 0 Å². The molecular weight excluding hydrogens is 256 g/mol. The largest absolute Gasteiger partial charge is 0.480 e. The second-order valence-corrected chi connectivity index (χ2v) is 5.53. The Bertz CT molecular complexity index is 457. The molecule has 0 aliphatic rings. The Morgan fingerprint density at radius 3 is 2.40 bits per heavy atom. The van der Waals surface area contributed by atoms with E-state index < -0.39 is 23.6 Å². The van der Waals surface area contributed by atoms with Gasteiger partial charge in [0.15, 0.2) is 0 Å². The molecule has 1 rings (SSSR count). The quantitative estimate of drug-likeness (QED) is 0.746. The molecule has 3 N–H and O–H groups in total. The van der Waals surface area contributed by atoms with Gasteiger partial charge in [-0.3, -0.25) is 4.79 Å². The molecule has 110 valence electrons. The number of carboxylic acid groups (broad SMARTS) is 1. The molecule has 0 radical (unpaired) electrons. The zero-order valence-corrected chi connectivity index (χ0v) is 12.1. The van der Waals surface area contributed by atoms with Crippen molar-refractivity contribution in [3.63, 3.8) is 0 Å². The molecule has 5 heteroatoms. The standard InChI is InChI=1S/C15H22N2O3/c1-11(13(18)19)16-14(20)17-15(2,3)10-9-12-7-5-4-6-8-12/h4-8,11H,9-10H2,1-3H3,(H,18,19)(H2,16,17,20). The number of hydrogen-bond acceptors (Lipinski definition) is 2. The van der Waals surface area contributed by atoms with Crippen LogP contribution in [-0.4, -0.2) is 28.7 Å². The van der Waals surface area contributed by atoms with Crippen molar-refractivity contribution < 1.29 is 14.7 Å². The average molecular weight is 278 g/mol. The summed E-state index contributed by atoms with van der Waals surface area (Å²) in [5.41, 5.74) is 0.805. The predicted molar refractivity (Wildman–Crippen MR) is 77.6 cm³/mol. The molecule has 0 fully saturated rings. The van der Waals surface area contributed by atoms with Crippen LogP contribution in [0.1, 0.15) is 32.8 Å². The molecule has 1 atom stereocenters. The highest BCUT2D eigenvalue weighted by molar-refractivity contribution is 5.82. The highest BCUT2D eigenvalue weighted by Gasteiger charge is 2.22. The van der Waals surface area contributed by atoms with Crippen LogP contribution in [0.5, 0.6) is 0 Å². The summed E-state index contributed by atoms with van der Waals surface area (Å²) in [5, 5.41) is 13.9. The first-order valence-electron chi connectivity index (χ1n) is 6.65. The number of nitrogens with one attached hydrogen (secondary N) is 2. The highest BCUT2D eigenvalue weighted by atomic mass is 16.4. The van der Waals surface area contributed by atoms with E-state index in [1.165, 1.54) is 12.5 Å². The van der Waals surface area contributed by atoms with Crippen molar-refractivity contribution in [2.45, 2.75) is 45.2 Å². The van der Waals surface area contributed by atoms with E-state index in [4.69, 9.17) is 5.11 Å². The van der Waals surface area contributed by atoms with Crippen molar-refractivity contribution >= 4 is 12.0 Å². The molecule has 0 spiro atoms. The predicted octanol–water partition coefficient (Wildman–Crippen LogP) is 2.17. The molecule has 0 aromatic heterocycles. The zero-order valence-electron chi connectivity index (χ0n) is 12.1. The third kappa shape index (κ3) is 5.73. The number of amides is 2. The van der Waals surface area contributed by atoms with E-state index in [2.05, 4.69) is 10.6 Å². The second-order valence-electron chi connectivity index (χ2n) is 5.53. The number of carbonyl (C=O) groups is 2. The lowest BCUT2D eigenvalue weighted by atomic mass is 9.95. The summed E-state index contributed by atoms with van der Waals surface area (Å²) in [6.07, 6.45) is 1.62.